The summed E-state index contributed by atoms with van der Waals surface area (Å²) < 4.78 is 27.1. The largest absolute Gasteiger partial charge is 0.336 e. The summed E-state index contributed by atoms with van der Waals surface area (Å²) in [4.78, 5) is 13.7. The van der Waals surface area contributed by atoms with E-state index < -0.39 is 17.5 Å². The molecule has 1 aliphatic heterocycles. The van der Waals surface area contributed by atoms with Crippen LogP contribution in [0.2, 0.25) is 0 Å². The highest BCUT2D eigenvalue weighted by molar-refractivity contribution is 9.10. The zero-order valence-corrected chi connectivity index (χ0v) is 10.9. The summed E-state index contributed by atoms with van der Waals surface area (Å²) in [6.07, 6.45) is 1.81. The van der Waals surface area contributed by atoms with Crippen LogP contribution in [0.15, 0.2) is 16.6 Å². The molecular weight excluding hydrogens is 292 g/mol. The van der Waals surface area contributed by atoms with E-state index >= 15 is 0 Å². The maximum absolute atomic E-state index is 13.6. The molecule has 0 aromatic heterocycles. The van der Waals surface area contributed by atoms with Gasteiger partial charge in [0, 0.05) is 17.1 Å². The van der Waals surface area contributed by atoms with Gasteiger partial charge in [0.15, 0.2) is 11.6 Å². The Morgan fingerprint density at radius 1 is 1.47 bits per heavy atom. The summed E-state index contributed by atoms with van der Waals surface area (Å²) in [5.74, 6) is -2.51. The fourth-order valence-electron chi connectivity index (χ4n) is 2.10. The number of amides is 1. The number of carbonyl (C=O) groups excluding carboxylic acids is 1. The Bertz CT molecular complexity index is 464. The van der Waals surface area contributed by atoms with Gasteiger partial charge >= 0.3 is 0 Å². The van der Waals surface area contributed by atoms with Gasteiger partial charge in [0.2, 0.25) is 0 Å². The minimum atomic E-state index is -1.07. The monoisotopic (exact) mass is 303 g/mol. The average Bonchev–Trinajstić information content (AvgIpc) is 2.69. The molecule has 0 bridgehead atoms. The van der Waals surface area contributed by atoms with Gasteiger partial charge < -0.3 is 4.90 Å². The van der Waals surface area contributed by atoms with Gasteiger partial charge in [0.25, 0.3) is 5.91 Å². The second kappa shape index (κ2) is 4.72. The smallest absolute Gasteiger partial charge is 0.257 e. The predicted molar refractivity (Wildman–Crippen MR) is 63.8 cm³/mol. The molecule has 0 N–H and O–H groups in total. The molecule has 1 aliphatic rings. The maximum atomic E-state index is 13.6. The van der Waals surface area contributed by atoms with Crippen molar-refractivity contribution in [2.45, 2.75) is 25.8 Å². The second-order valence-electron chi connectivity index (χ2n) is 4.24. The van der Waals surface area contributed by atoms with Crippen molar-refractivity contribution < 1.29 is 13.6 Å². The van der Waals surface area contributed by atoms with Gasteiger partial charge in [-0.15, -0.1) is 0 Å². The van der Waals surface area contributed by atoms with E-state index in [-0.39, 0.29) is 11.6 Å². The van der Waals surface area contributed by atoms with Gasteiger partial charge in [0.1, 0.15) is 0 Å². The molecule has 0 unspecified atom stereocenters. The van der Waals surface area contributed by atoms with E-state index in [1.54, 1.807) is 4.90 Å². The van der Waals surface area contributed by atoms with Crippen LogP contribution in [0.1, 0.15) is 30.1 Å². The van der Waals surface area contributed by atoms with E-state index in [4.69, 9.17) is 0 Å². The van der Waals surface area contributed by atoms with E-state index in [1.807, 2.05) is 6.92 Å². The van der Waals surface area contributed by atoms with Crippen LogP contribution < -0.4 is 0 Å². The fraction of sp³-hybridized carbons (Fsp3) is 0.417. The van der Waals surface area contributed by atoms with Gasteiger partial charge in [-0.3, -0.25) is 4.79 Å². The van der Waals surface area contributed by atoms with Crippen molar-refractivity contribution in [2.75, 3.05) is 6.54 Å². The molecule has 0 spiro atoms. The summed E-state index contributed by atoms with van der Waals surface area (Å²) in [6, 6.07) is 2.43. The standard InChI is InChI=1S/C12H12BrF2NO/c1-7-3-2-4-16(7)12(17)9-5-8(13)6-10(14)11(9)15/h5-7H,2-4H2,1H3/t7-/m1/s1. The van der Waals surface area contributed by atoms with Crippen LogP contribution >= 0.6 is 15.9 Å². The minimum Gasteiger partial charge on any atom is -0.336 e. The van der Waals surface area contributed by atoms with Crippen molar-refractivity contribution >= 4 is 21.8 Å². The van der Waals surface area contributed by atoms with Crippen molar-refractivity contribution in [2.24, 2.45) is 0 Å². The Labute approximate surface area is 107 Å². The minimum absolute atomic E-state index is 0.0870. The molecule has 1 amide bonds. The molecule has 1 fully saturated rings. The lowest BCUT2D eigenvalue weighted by molar-refractivity contribution is 0.0741. The third kappa shape index (κ3) is 2.34. The Kier molecular flexibility index (Phi) is 3.47. The summed E-state index contributed by atoms with van der Waals surface area (Å²) in [5.41, 5.74) is -0.203. The molecule has 1 heterocycles. The molecule has 17 heavy (non-hydrogen) atoms. The number of benzene rings is 1. The highest BCUT2D eigenvalue weighted by Gasteiger charge is 2.28. The average molecular weight is 304 g/mol. The quantitative estimate of drug-likeness (QED) is 0.729. The number of hydrogen-bond acceptors (Lipinski definition) is 1. The molecule has 1 aromatic rings. The zero-order valence-electron chi connectivity index (χ0n) is 9.34. The lowest BCUT2D eigenvalue weighted by Gasteiger charge is -2.21. The molecule has 1 saturated heterocycles. The number of carbonyl (C=O) groups is 1. The van der Waals surface area contributed by atoms with Crippen LogP contribution in [0.3, 0.4) is 0 Å². The first-order valence-corrected chi connectivity index (χ1v) is 6.25. The highest BCUT2D eigenvalue weighted by Crippen LogP contribution is 2.24. The van der Waals surface area contributed by atoms with Crippen LogP contribution in [-0.2, 0) is 0 Å². The third-order valence-electron chi connectivity index (χ3n) is 3.04. The Hall–Kier alpha value is -0.970. The Morgan fingerprint density at radius 3 is 2.76 bits per heavy atom. The Morgan fingerprint density at radius 2 is 2.18 bits per heavy atom. The molecule has 92 valence electrons. The first-order chi connectivity index (χ1) is 8.00. The summed E-state index contributed by atoms with van der Waals surface area (Å²) in [7, 11) is 0. The molecule has 2 rings (SSSR count). The fourth-order valence-corrected chi connectivity index (χ4v) is 2.53. The van der Waals surface area contributed by atoms with Crippen molar-refractivity contribution in [3.63, 3.8) is 0 Å². The summed E-state index contributed by atoms with van der Waals surface area (Å²) in [5, 5.41) is 0. The molecule has 2 nitrogen and oxygen atoms in total. The van der Waals surface area contributed by atoms with Gasteiger partial charge in [-0.25, -0.2) is 8.78 Å². The van der Waals surface area contributed by atoms with E-state index in [0.717, 1.165) is 18.9 Å². The summed E-state index contributed by atoms with van der Waals surface area (Å²) >= 11 is 3.06. The lowest BCUT2D eigenvalue weighted by atomic mass is 10.1. The third-order valence-corrected chi connectivity index (χ3v) is 3.50. The van der Waals surface area contributed by atoms with Crippen molar-refractivity contribution in [3.05, 3.63) is 33.8 Å². The molecule has 0 radical (unpaired) electrons. The molecule has 0 aliphatic carbocycles. The van der Waals surface area contributed by atoms with E-state index in [1.165, 1.54) is 6.07 Å². The van der Waals surface area contributed by atoms with Crippen LogP contribution in [-0.4, -0.2) is 23.4 Å². The normalized spacial score (nSPS) is 19.8. The van der Waals surface area contributed by atoms with E-state index in [2.05, 4.69) is 15.9 Å². The van der Waals surface area contributed by atoms with Gasteiger partial charge in [0.05, 0.1) is 5.56 Å². The summed E-state index contributed by atoms with van der Waals surface area (Å²) in [6.45, 7) is 2.52. The highest BCUT2D eigenvalue weighted by atomic mass is 79.9. The van der Waals surface area contributed by atoms with Crippen molar-refractivity contribution in [1.82, 2.24) is 4.90 Å². The maximum Gasteiger partial charge on any atom is 0.257 e. The van der Waals surface area contributed by atoms with Crippen LogP contribution in [0.5, 0.6) is 0 Å². The van der Waals surface area contributed by atoms with Crippen LogP contribution in [0, 0.1) is 11.6 Å². The first-order valence-electron chi connectivity index (χ1n) is 5.46. The molecular formula is C12H12BrF2NO. The number of likely N-dealkylation sites (tertiary alicyclic amines) is 1. The van der Waals surface area contributed by atoms with E-state index in [9.17, 15) is 13.6 Å². The van der Waals surface area contributed by atoms with Gasteiger partial charge in [-0.05, 0) is 31.9 Å². The lowest BCUT2D eigenvalue weighted by Crippen LogP contribution is -2.34. The molecule has 1 atom stereocenters. The van der Waals surface area contributed by atoms with Gasteiger partial charge in [-0.1, -0.05) is 15.9 Å². The van der Waals surface area contributed by atoms with Crippen LogP contribution in [0.25, 0.3) is 0 Å². The zero-order chi connectivity index (χ0) is 12.6. The van der Waals surface area contributed by atoms with Crippen molar-refractivity contribution in [1.29, 1.82) is 0 Å². The Balaban J connectivity index is 2.37. The van der Waals surface area contributed by atoms with Gasteiger partial charge in [-0.2, -0.15) is 0 Å². The predicted octanol–water partition coefficient (Wildman–Crippen LogP) is 3.35. The van der Waals surface area contributed by atoms with E-state index in [0.29, 0.717) is 11.0 Å². The number of nitrogens with zero attached hydrogens (tertiary/aromatic N) is 1. The molecule has 0 saturated carbocycles. The first kappa shape index (κ1) is 12.5. The number of hydrogen-bond donors (Lipinski definition) is 0. The topological polar surface area (TPSA) is 20.3 Å². The number of halogens is 3. The van der Waals surface area contributed by atoms with Crippen LogP contribution in [0.4, 0.5) is 8.78 Å². The second-order valence-corrected chi connectivity index (χ2v) is 5.15. The number of rotatable bonds is 1. The molecule has 1 aromatic carbocycles. The van der Waals surface area contributed by atoms with Crippen molar-refractivity contribution in [3.8, 4) is 0 Å². The molecule has 5 heteroatoms. The SMILES string of the molecule is C[C@@H]1CCCN1C(=O)c1cc(Br)cc(F)c1F.